The quantitative estimate of drug-likeness (QED) is 0.423. The van der Waals surface area contributed by atoms with E-state index in [9.17, 15) is 14.0 Å². The van der Waals surface area contributed by atoms with Gasteiger partial charge in [0.05, 0.1) is 11.9 Å². The Labute approximate surface area is 210 Å². The number of carbonyl (C=O) groups excluding carboxylic acids is 2. The monoisotopic (exact) mass is 506 g/mol. The highest BCUT2D eigenvalue weighted by atomic mass is 19.1. The van der Waals surface area contributed by atoms with E-state index >= 15 is 0 Å². The van der Waals surface area contributed by atoms with Crippen LogP contribution in [0.2, 0.25) is 0 Å². The van der Waals surface area contributed by atoms with Crippen molar-refractivity contribution < 1.29 is 27.9 Å². The Morgan fingerprint density at radius 3 is 2.86 bits per heavy atom. The lowest BCUT2D eigenvalue weighted by atomic mass is 10.1. The van der Waals surface area contributed by atoms with Crippen molar-refractivity contribution in [2.75, 3.05) is 18.6 Å². The first-order valence-electron chi connectivity index (χ1n) is 11.4. The van der Waals surface area contributed by atoms with Crippen LogP contribution in [0.15, 0.2) is 59.3 Å². The number of amides is 2. The van der Waals surface area contributed by atoms with Gasteiger partial charge in [-0.05, 0) is 35.4 Å². The lowest BCUT2D eigenvalue weighted by Crippen LogP contribution is -2.50. The van der Waals surface area contributed by atoms with E-state index < -0.39 is 12.1 Å². The average Bonchev–Trinajstić information content (AvgIpc) is 3.51. The van der Waals surface area contributed by atoms with E-state index in [0.29, 0.717) is 35.4 Å². The minimum absolute atomic E-state index is 0.0687. The molecule has 2 aromatic carbocycles. The SMILES string of the molecule is Cc1nnc(COc2ccc3c(c2)N(C)C(=O)[C@@H](NC(=O)n2cc(Cc4cccc(F)c4)cn2)CO3)o1. The third kappa shape index (κ3) is 5.42. The number of benzene rings is 2. The van der Waals surface area contributed by atoms with Crippen LogP contribution >= 0.6 is 0 Å². The number of nitrogens with one attached hydrogen (secondary N) is 1. The molecule has 37 heavy (non-hydrogen) atoms. The number of carbonyl (C=O) groups is 2. The second kappa shape index (κ2) is 10.1. The number of nitrogens with zero attached hydrogens (tertiary/aromatic N) is 5. The standard InChI is InChI=1S/C25H23FN6O5/c1-15-29-30-23(37-15)14-35-19-6-7-22-21(10-19)31(2)24(33)20(13-36-22)28-25(34)32-12-17(11-27-32)8-16-4-3-5-18(26)9-16/h3-7,9-12,20H,8,13-14H2,1-2H3,(H,28,34)/t20-/m0/s1. The van der Waals surface area contributed by atoms with Crippen LogP contribution in [0.4, 0.5) is 14.9 Å². The Kier molecular flexibility index (Phi) is 6.54. The summed E-state index contributed by atoms with van der Waals surface area (Å²) in [5, 5.41) is 14.4. The largest absolute Gasteiger partial charge is 0.489 e. The summed E-state index contributed by atoms with van der Waals surface area (Å²) >= 11 is 0. The van der Waals surface area contributed by atoms with Gasteiger partial charge in [-0.15, -0.1) is 10.2 Å². The molecular weight excluding hydrogens is 483 g/mol. The molecule has 2 aromatic heterocycles. The molecule has 3 heterocycles. The Balaban J connectivity index is 1.23. The minimum atomic E-state index is -0.952. The maximum Gasteiger partial charge on any atom is 0.342 e. The maximum atomic E-state index is 13.4. The van der Waals surface area contributed by atoms with Gasteiger partial charge in [-0.1, -0.05) is 12.1 Å². The number of aromatic nitrogens is 4. The number of ether oxygens (including phenoxy) is 2. The van der Waals surface area contributed by atoms with Gasteiger partial charge in [0.2, 0.25) is 5.89 Å². The van der Waals surface area contributed by atoms with Gasteiger partial charge < -0.3 is 24.1 Å². The zero-order valence-corrected chi connectivity index (χ0v) is 20.1. The maximum absolute atomic E-state index is 13.4. The summed E-state index contributed by atoms with van der Waals surface area (Å²) in [5.74, 6) is 0.996. The van der Waals surface area contributed by atoms with Crippen molar-refractivity contribution in [3.05, 3.63) is 83.6 Å². The number of likely N-dealkylation sites (N-methyl/N-ethyl adjacent to an activating group) is 1. The summed E-state index contributed by atoms with van der Waals surface area (Å²) in [6.07, 6.45) is 3.47. The number of anilines is 1. The first-order valence-corrected chi connectivity index (χ1v) is 11.4. The number of aryl methyl sites for hydroxylation is 1. The number of hydrogen-bond donors (Lipinski definition) is 1. The molecule has 1 atom stereocenters. The average molecular weight is 506 g/mol. The second-order valence-corrected chi connectivity index (χ2v) is 8.44. The number of hydrogen-bond acceptors (Lipinski definition) is 8. The van der Waals surface area contributed by atoms with Gasteiger partial charge >= 0.3 is 6.03 Å². The minimum Gasteiger partial charge on any atom is -0.489 e. The van der Waals surface area contributed by atoms with E-state index in [-0.39, 0.29) is 24.9 Å². The molecule has 1 aliphatic heterocycles. The summed E-state index contributed by atoms with van der Waals surface area (Å²) in [6, 6.07) is 9.70. The highest BCUT2D eigenvalue weighted by molar-refractivity contribution is 6.00. The topological polar surface area (TPSA) is 125 Å². The Morgan fingerprint density at radius 2 is 2.08 bits per heavy atom. The van der Waals surface area contributed by atoms with Crippen LogP contribution in [0.3, 0.4) is 0 Å². The van der Waals surface area contributed by atoms with E-state index in [1.54, 1.807) is 44.3 Å². The number of fused-ring (bicyclic) bond motifs is 1. The molecule has 0 saturated heterocycles. The van der Waals surface area contributed by atoms with Crippen molar-refractivity contribution in [1.29, 1.82) is 0 Å². The molecule has 190 valence electrons. The van der Waals surface area contributed by atoms with Crippen molar-refractivity contribution in [3.63, 3.8) is 0 Å². The molecule has 0 radical (unpaired) electrons. The third-order valence-corrected chi connectivity index (χ3v) is 5.70. The van der Waals surface area contributed by atoms with Gasteiger partial charge in [0.15, 0.2) is 6.61 Å². The molecule has 2 amide bonds. The summed E-state index contributed by atoms with van der Waals surface area (Å²) < 4.78 is 31.4. The van der Waals surface area contributed by atoms with E-state index in [0.717, 1.165) is 15.8 Å². The third-order valence-electron chi connectivity index (χ3n) is 5.70. The van der Waals surface area contributed by atoms with Gasteiger partial charge in [-0.2, -0.15) is 9.78 Å². The first-order chi connectivity index (χ1) is 17.9. The van der Waals surface area contributed by atoms with Crippen molar-refractivity contribution in [1.82, 2.24) is 25.3 Å². The molecule has 0 fully saturated rings. The summed E-state index contributed by atoms with van der Waals surface area (Å²) in [4.78, 5) is 27.3. The molecule has 0 spiro atoms. The predicted octanol–water partition coefficient (Wildman–Crippen LogP) is 2.87. The Hall–Kier alpha value is -4.74. The smallest absolute Gasteiger partial charge is 0.342 e. The lowest BCUT2D eigenvalue weighted by molar-refractivity contribution is -0.120. The van der Waals surface area contributed by atoms with E-state index in [1.807, 2.05) is 0 Å². The van der Waals surface area contributed by atoms with Gasteiger partial charge in [-0.25, -0.2) is 9.18 Å². The summed E-state index contributed by atoms with van der Waals surface area (Å²) in [5.41, 5.74) is 1.96. The molecule has 0 unspecified atom stereocenters. The Bertz CT molecular complexity index is 1450. The normalized spacial score (nSPS) is 15.1. The van der Waals surface area contributed by atoms with Crippen LogP contribution in [0.1, 0.15) is 22.9 Å². The molecule has 12 heteroatoms. The second-order valence-electron chi connectivity index (χ2n) is 8.44. The van der Waals surface area contributed by atoms with Gasteiger partial charge in [0.1, 0.15) is 30.0 Å². The molecule has 4 aromatic rings. The van der Waals surface area contributed by atoms with Crippen LogP contribution in [-0.2, 0) is 17.8 Å². The predicted molar refractivity (Wildman–Crippen MR) is 128 cm³/mol. The highest BCUT2D eigenvalue weighted by Gasteiger charge is 2.31. The molecule has 0 aliphatic carbocycles. The van der Waals surface area contributed by atoms with Crippen LogP contribution in [0.25, 0.3) is 0 Å². The van der Waals surface area contributed by atoms with Crippen molar-refractivity contribution >= 4 is 17.6 Å². The molecule has 5 rings (SSSR count). The number of halogens is 1. The lowest BCUT2D eigenvalue weighted by Gasteiger charge is -2.20. The molecule has 1 N–H and O–H groups in total. The molecule has 0 bridgehead atoms. The van der Waals surface area contributed by atoms with Crippen molar-refractivity contribution in [3.8, 4) is 11.5 Å². The van der Waals surface area contributed by atoms with Crippen LogP contribution in [0.5, 0.6) is 11.5 Å². The van der Waals surface area contributed by atoms with Crippen LogP contribution in [0, 0.1) is 12.7 Å². The fraction of sp³-hybridized carbons (Fsp3) is 0.240. The summed E-state index contributed by atoms with van der Waals surface area (Å²) in [7, 11) is 1.59. The fourth-order valence-electron chi connectivity index (χ4n) is 3.87. The first kappa shape index (κ1) is 24.0. The molecule has 1 aliphatic rings. The number of rotatable bonds is 6. The van der Waals surface area contributed by atoms with Crippen molar-refractivity contribution in [2.24, 2.45) is 0 Å². The van der Waals surface area contributed by atoms with Crippen molar-refractivity contribution in [2.45, 2.75) is 26.0 Å². The van der Waals surface area contributed by atoms with Crippen LogP contribution < -0.4 is 19.7 Å². The summed E-state index contributed by atoms with van der Waals surface area (Å²) in [6.45, 7) is 1.69. The molecular formula is C25H23FN6O5. The Morgan fingerprint density at radius 1 is 1.22 bits per heavy atom. The van der Waals surface area contributed by atoms with E-state index in [1.165, 1.54) is 29.4 Å². The fourth-order valence-corrected chi connectivity index (χ4v) is 3.87. The zero-order valence-electron chi connectivity index (χ0n) is 20.1. The van der Waals surface area contributed by atoms with E-state index in [4.69, 9.17) is 13.9 Å². The van der Waals surface area contributed by atoms with Crippen LogP contribution in [-0.4, -0.2) is 51.6 Å². The zero-order chi connectivity index (χ0) is 25.9. The van der Waals surface area contributed by atoms with Gasteiger partial charge in [0, 0.05) is 32.7 Å². The van der Waals surface area contributed by atoms with Gasteiger partial charge in [0.25, 0.3) is 11.8 Å². The van der Waals surface area contributed by atoms with Gasteiger partial charge in [-0.3, -0.25) is 4.79 Å². The van der Waals surface area contributed by atoms with E-state index in [2.05, 4.69) is 20.6 Å². The molecule has 11 nitrogen and oxygen atoms in total. The molecule has 0 saturated carbocycles. The highest BCUT2D eigenvalue weighted by Crippen LogP contribution is 2.34.